The van der Waals surface area contributed by atoms with Crippen LogP contribution in [0.25, 0.3) is 0 Å². The molecule has 1 aliphatic carbocycles. The summed E-state index contributed by atoms with van der Waals surface area (Å²) in [4.78, 5) is 0. The van der Waals surface area contributed by atoms with E-state index in [1.807, 2.05) is 13.0 Å². The predicted molar refractivity (Wildman–Crippen MR) is 101 cm³/mol. The van der Waals surface area contributed by atoms with Crippen molar-refractivity contribution in [3.63, 3.8) is 0 Å². The second kappa shape index (κ2) is 7.03. The molecule has 0 saturated carbocycles. The molecule has 0 spiro atoms. The number of aliphatic hydroxyl groups excluding tert-OH is 1. The number of fused-ring (bicyclic) bond motifs is 3. The minimum atomic E-state index is -0.425. The number of ether oxygens (including phenoxy) is 1. The highest BCUT2D eigenvalue weighted by Gasteiger charge is 2.46. The Bertz CT molecular complexity index is 657. The lowest BCUT2D eigenvalue weighted by Crippen LogP contribution is -2.45. The number of phenolic OH excluding ortho intramolecular Hbond substituents is 1. The highest BCUT2D eigenvalue weighted by Crippen LogP contribution is 2.54. The minimum Gasteiger partial charge on any atom is -0.508 e. The van der Waals surface area contributed by atoms with Crippen LogP contribution < -0.4 is 4.74 Å². The van der Waals surface area contributed by atoms with E-state index >= 15 is 0 Å². The number of unbranched alkanes of at least 4 members (excludes halogenated alkanes) is 2. The molecule has 0 radical (unpaired) electrons. The fraction of sp³-hybridized carbons (Fsp3) is 0.636. The molecule has 2 aliphatic rings. The molecule has 3 atom stereocenters. The number of hydrogen-bond donors (Lipinski definition) is 2. The number of benzene rings is 1. The van der Waals surface area contributed by atoms with Gasteiger partial charge in [0, 0.05) is 17.4 Å². The molecule has 25 heavy (non-hydrogen) atoms. The van der Waals surface area contributed by atoms with Crippen molar-refractivity contribution in [3.8, 4) is 11.5 Å². The van der Waals surface area contributed by atoms with Gasteiger partial charge in [0.25, 0.3) is 0 Å². The van der Waals surface area contributed by atoms with Crippen LogP contribution in [0.15, 0.2) is 23.8 Å². The first-order chi connectivity index (χ1) is 11.8. The van der Waals surface area contributed by atoms with E-state index in [0.29, 0.717) is 11.7 Å². The summed E-state index contributed by atoms with van der Waals surface area (Å²) in [6, 6.07) is 4.05. The molecule has 1 aromatic rings. The largest absolute Gasteiger partial charge is 0.508 e. The number of phenols is 1. The predicted octanol–water partition coefficient (Wildman–Crippen LogP) is 5.10. The summed E-state index contributed by atoms with van der Waals surface area (Å²) in [6.07, 6.45) is 7.93. The minimum absolute atomic E-state index is 0.207. The van der Waals surface area contributed by atoms with Gasteiger partial charge in [0.1, 0.15) is 17.1 Å². The molecular formula is C22H32O3. The zero-order valence-corrected chi connectivity index (χ0v) is 16.0. The summed E-state index contributed by atoms with van der Waals surface area (Å²) in [6.45, 7) is 8.33. The molecule has 2 N–H and O–H groups in total. The average Bonchev–Trinajstić information content (AvgIpc) is 2.53. The average molecular weight is 344 g/mol. The van der Waals surface area contributed by atoms with E-state index < -0.39 is 6.10 Å². The van der Waals surface area contributed by atoms with E-state index in [9.17, 15) is 10.2 Å². The van der Waals surface area contributed by atoms with Gasteiger partial charge in [0.05, 0.1) is 6.10 Å². The highest BCUT2D eigenvalue weighted by molar-refractivity contribution is 5.52. The fourth-order valence-electron chi connectivity index (χ4n) is 4.54. The Labute approximate surface area is 151 Å². The standard InChI is InChI=1S/C22H32O3/c1-5-6-7-8-15-11-19(24)21-17-13-16(14(2)23)9-10-18(17)22(3,4)25-20(21)12-15/h9,11-12,14,17-18,23-24H,5-8,10,13H2,1-4H3/t14?,17?,18-/m1/s1. The van der Waals surface area contributed by atoms with Gasteiger partial charge in [-0.25, -0.2) is 0 Å². The van der Waals surface area contributed by atoms with Gasteiger partial charge in [-0.2, -0.15) is 0 Å². The Morgan fingerprint density at radius 3 is 2.72 bits per heavy atom. The Hall–Kier alpha value is -1.48. The Balaban J connectivity index is 1.96. The van der Waals surface area contributed by atoms with Gasteiger partial charge in [-0.1, -0.05) is 25.8 Å². The lowest BCUT2D eigenvalue weighted by molar-refractivity contribution is 0.00577. The smallest absolute Gasteiger partial charge is 0.127 e. The summed E-state index contributed by atoms with van der Waals surface area (Å²) in [5.74, 6) is 1.73. The van der Waals surface area contributed by atoms with Crippen molar-refractivity contribution >= 4 is 0 Å². The molecule has 2 unspecified atom stereocenters. The third-order valence-electron chi connectivity index (χ3n) is 6.00. The molecule has 1 aliphatic heterocycles. The second-order valence-corrected chi connectivity index (χ2v) is 8.30. The zero-order chi connectivity index (χ0) is 18.2. The topological polar surface area (TPSA) is 49.7 Å². The van der Waals surface area contributed by atoms with E-state index in [0.717, 1.165) is 48.1 Å². The van der Waals surface area contributed by atoms with Crippen LogP contribution in [-0.2, 0) is 6.42 Å². The van der Waals surface area contributed by atoms with Gasteiger partial charge in [0.2, 0.25) is 0 Å². The number of hydrogen-bond acceptors (Lipinski definition) is 3. The number of aliphatic hydroxyl groups is 1. The van der Waals surface area contributed by atoms with Crippen LogP contribution in [0.1, 0.15) is 76.8 Å². The quantitative estimate of drug-likeness (QED) is 0.577. The van der Waals surface area contributed by atoms with Gasteiger partial charge < -0.3 is 14.9 Å². The monoisotopic (exact) mass is 344 g/mol. The Morgan fingerprint density at radius 2 is 2.04 bits per heavy atom. The van der Waals surface area contributed by atoms with Crippen LogP contribution in [0.5, 0.6) is 11.5 Å². The summed E-state index contributed by atoms with van der Waals surface area (Å²) < 4.78 is 6.36. The van der Waals surface area contributed by atoms with Crippen LogP contribution in [0.4, 0.5) is 0 Å². The zero-order valence-electron chi connectivity index (χ0n) is 16.0. The molecule has 3 heteroatoms. The van der Waals surface area contributed by atoms with Crippen molar-refractivity contribution in [1.82, 2.24) is 0 Å². The molecule has 1 aromatic carbocycles. The van der Waals surface area contributed by atoms with Crippen molar-refractivity contribution in [1.29, 1.82) is 0 Å². The summed E-state index contributed by atoms with van der Waals surface area (Å²) in [5.41, 5.74) is 2.90. The SMILES string of the molecule is CCCCCc1cc(O)c2c(c1)OC(C)(C)[C@@H]1CC=C(C(C)O)CC21. The van der Waals surface area contributed by atoms with E-state index in [1.54, 1.807) is 0 Å². The van der Waals surface area contributed by atoms with Crippen LogP contribution in [-0.4, -0.2) is 21.9 Å². The van der Waals surface area contributed by atoms with Crippen molar-refractivity contribution in [2.75, 3.05) is 0 Å². The lowest BCUT2D eigenvalue weighted by atomic mass is 9.66. The normalized spacial score (nSPS) is 25.4. The first-order valence-corrected chi connectivity index (χ1v) is 9.75. The van der Waals surface area contributed by atoms with Gasteiger partial charge in [0.15, 0.2) is 0 Å². The van der Waals surface area contributed by atoms with Gasteiger partial charge >= 0.3 is 0 Å². The molecule has 3 nitrogen and oxygen atoms in total. The Morgan fingerprint density at radius 1 is 1.28 bits per heavy atom. The van der Waals surface area contributed by atoms with Gasteiger partial charge in [-0.05, 0) is 69.7 Å². The summed E-state index contributed by atoms with van der Waals surface area (Å²) >= 11 is 0. The van der Waals surface area contributed by atoms with Crippen molar-refractivity contribution in [3.05, 3.63) is 34.9 Å². The maximum absolute atomic E-state index is 10.8. The summed E-state index contributed by atoms with van der Waals surface area (Å²) in [7, 11) is 0. The maximum Gasteiger partial charge on any atom is 0.127 e. The van der Waals surface area contributed by atoms with Gasteiger partial charge in [-0.3, -0.25) is 0 Å². The molecule has 138 valence electrons. The van der Waals surface area contributed by atoms with Crippen molar-refractivity contribution in [2.24, 2.45) is 5.92 Å². The second-order valence-electron chi connectivity index (χ2n) is 8.30. The maximum atomic E-state index is 10.8. The fourth-order valence-corrected chi connectivity index (χ4v) is 4.54. The van der Waals surface area contributed by atoms with E-state index in [2.05, 4.69) is 32.9 Å². The molecule has 3 rings (SSSR count). The van der Waals surface area contributed by atoms with E-state index in [-0.39, 0.29) is 11.5 Å². The van der Waals surface area contributed by atoms with Crippen LogP contribution in [0.2, 0.25) is 0 Å². The molecular weight excluding hydrogens is 312 g/mol. The van der Waals surface area contributed by atoms with Gasteiger partial charge in [-0.15, -0.1) is 0 Å². The van der Waals surface area contributed by atoms with E-state index in [1.165, 1.54) is 12.8 Å². The first kappa shape index (κ1) is 18.3. The number of rotatable bonds is 5. The van der Waals surface area contributed by atoms with Crippen molar-refractivity contribution in [2.45, 2.75) is 83.8 Å². The molecule has 0 amide bonds. The molecule has 0 fully saturated rings. The van der Waals surface area contributed by atoms with Crippen LogP contribution in [0.3, 0.4) is 0 Å². The van der Waals surface area contributed by atoms with E-state index in [4.69, 9.17) is 4.74 Å². The summed E-state index contributed by atoms with van der Waals surface area (Å²) in [5, 5.41) is 20.8. The third-order valence-corrected chi connectivity index (χ3v) is 6.00. The molecule has 1 heterocycles. The third kappa shape index (κ3) is 3.57. The number of aromatic hydroxyl groups is 1. The molecule has 0 aromatic heterocycles. The lowest BCUT2D eigenvalue weighted by Gasteiger charge is -2.47. The van der Waals surface area contributed by atoms with Crippen LogP contribution in [0, 0.1) is 5.92 Å². The number of aryl methyl sites for hydroxylation is 1. The molecule has 0 saturated heterocycles. The first-order valence-electron chi connectivity index (χ1n) is 9.75. The highest BCUT2D eigenvalue weighted by atomic mass is 16.5. The molecule has 0 bridgehead atoms. The Kier molecular flexibility index (Phi) is 5.15. The number of allylic oxidation sites excluding steroid dienone is 1. The van der Waals surface area contributed by atoms with Crippen molar-refractivity contribution < 1.29 is 14.9 Å². The van der Waals surface area contributed by atoms with Crippen LogP contribution >= 0.6 is 0 Å².